The van der Waals surface area contributed by atoms with Crippen molar-refractivity contribution >= 4 is 0 Å². The monoisotopic (exact) mass is 210 g/mol. The van der Waals surface area contributed by atoms with Crippen molar-refractivity contribution in [1.82, 2.24) is 5.32 Å². The Kier molecular flexibility index (Phi) is 3.09. The van der Waals surface area contributed by atoms with Gasteiger partial charge in [0.05, 0.1) is 0 Å². The molecule has 1 atom stereocenters. The third-order valence-electron chi connectivity index (χ3n) is 4.43. The van der Waals surface area contributed by atoms with E-state index in [0.717, 1.165) is 12.6 Å². The third kappa shape index (κ3) is 2.54. The van der Waals surface area contributed by atoms with E-state index in [9.17, 15) is 0 Å². The lowest BCUT2D eigenvalue weighted by Crippen LogP contribution is -2.52. The molecule has 0 spiro atoms. The molecular weight excluding hydrogens is 184 g/mol. The van der Waals surface area contributed by atoms with Crippen LogP contribution in [-0.4, -0.2) is 18.1 Å². The molecule has 3 N–H and O–H groups in total. The molecule has 2 fully saturated rings. The summed E-state index contributed by atoms with van der Waals surface area (Å²) in [5.74, 6) is 0. The van der Waals surface area contributed by atoms with E-state index in [1.54, 1.807) is 0 Å². The summed E-state index contributed by atoms with van der Waals surface area (Å²) in [6, 6.07) is 0.724. The van der Waals surface area contributed by atoms with E-state index in [2.05, 4.69) is 19.2 Å². The van der Waals surface area contributed by atoms with Gasteiger partial charge in [-0.2, -0.15) is 0 Å². The molecule has 2 saturated carbocycles. The average molecular weight is 210 g/mol. The van der Waals surface area contributed by atoms with E-state index in [1.165, 1.54) is 44.9 Å². The Hall–Kier alpha value is -0.0800. The maximum Gasteiger partial charge on any atom is 0.0306 e. The van der Waals surface area contributed by atoms with Gasteiger partial charge in [-0.05, 0) is 37.5 Å². The zero-order chi connectivity index (χ0) is 10.9. The van der Waals surface area contributed by atoms with Gasteiger partial charge in [0.2, 0.25) is 0 Å². The van der Waals surface area contributed by atoms with Crippen LogP contribution in [0.2, 0.25) is 0 Å². The van der Waals surface area contributed by atoms with E-state index < -0.39 is 0 Å². The summed E-state index contributed by atoms with van der Waals surface area (Å²) in [5, 5.41) is 3.87. The van der Waals surface area contributed by atoms with Crippen LogP contribution in [0.4, 0.5) is 0 Å². The predicted octanol–water partition coefficient (Wildman–Crippen LogP) is 2.43. The first-order chi connectivity index (χ1) is 7.05. The lowest BCUT2D eigenvalue weighted by Gasteiger charge is -2.33. The van der Waals surface area contributed by atoms with Gasteiger partial charge >= 0.3 is 0 Å². The maximum absolute atomic E-state index is 5.95. The highest BCUT2D eigenvalue weighted by Crippen LogP contribution is 2.39. The van der Waals surface area contributed by atoms with Crippen LogP contribution < -0.4 is 11.1 Å². The molecule has 2 aliphatic carbocycles. The van der Waals surface area contributed by atoms with Crippen LogP contribution in [0.15, 0.2) is 0 Å². The van der Waals surface area contributed by atoms with Crippen LogP contribution in [0.3, 0.4) is 0 Å². The van der Waals surface area contributed by atoms with E-state index in [1.807, 2.05) is 0 Å². The molecular formula is C13H26N2. The van der Waals surface area contributed by atoms with Crippen LogP contribution >= 0.6 is 0 Å². The normalized spacial score (nSPS) is 33.4. The number of rotatable bonds is 3. The summed E-state index contributed by atoms with van der Waals surface area (Å²) in [7, 11) is 0. The van der Waals surface area contributed by atoms with Gasteiger partial charge in [-0.25, -0.2) is 0 Å². The van der Waals surface area contributed by atoms with Gasteiger partial charge in [0, 0.05) is 18.1 Å². The van der Waals surface area contributed by atoms with E-state index in [-0.39, 0.29) is 0 Å². The van der Waals surface area contributed by atoms with Crippen molar-refractivity contribution in [1.29, 1.82) is 0 Å². The Labute approximate surface area is 94.0 Å². The first-order valence-corrected chi connectivity index (χ1v) is 6.53. The molecule has 0 amide bonds. The molecule has 0 saturated heterocycles. The molecule has 0 heterocycles. The first kappa shape index (κ1) is 11.4. The Balaban J connectivity index is 1.91. The fourth-order valence-corrected chi connectivity index (χ4v) is 3.45. The summed E-state index contributed by atoms with van der Waals surface area (Å²) in [5.41, 5.74) is 6.80. The second-order valence-corrected chi connectivity index (χ2v) is 6.44. The van der Waals surface area contributed by atoms with Gasteiger partial charge in [0.25, 0.3) is 0 Å². The van der Waals surface area contributed by atoms with Crippen LogP contribution in [0.25, 0.3) is 0 Å². The minimum Gasteiger partial charge on any atom is -0.329 e. The molecule has 2 aliphatic rings. The summed E-state index contributed by atoms with van der Waals surface area (Å²) in [6.07, 6.45) is 9.34. The molecule has 88 valence electrons. The van der Waals surface area contributed by atoms with Crippen molar-refractivity contribution in [2.24, 2.45) is 11.1 Å². The summed E-state index contributed by atoms with van der Waals surface area (Å²) in [4.78, 5) is 0. The van der Waals surface area contributed by atoms with E-state index in [0.29, 0.717) is 11.0 Å². The van der Waals surface area contributed by atoms with Gasteiger partial charge in [0.15, 0.2) is 0 Å². The van der Waals surface area contributed by atoms with Crippen LogP contribution in [0.5, 0.6) is 0 Å². The lowest BCUT2D eigenvalue weighted by atomic mass is 9.91. The van der Waals surface area contributed by atoms with Gasteiger partial charge in [-0.15, -0.1) is 0 Å². The first-order valence-electron chi connectivity index (χ1n) is 6.53. The highest BCUT2D eigenvalue weighted by molar-refractivity contribution is 4.98. The van der Waals surface area contributed by atoms with Crippen LogP contribution in [0, 0.1) is 5.41 Å². The van der Waals surface area contributed by atoms with Crippen molar-refractivity contribution in [2.45, 2.75) is 70.4 Å². The SMILES string of the molecule is CC1(C)CCC(NC2(CN)CCCC2)C1. The molecule has 2 rings (SSSR count). The number of hydrogen-bond acceptors (Lipinski definition) is 2. The fourth-order valence-electron chi connectivity index (χ4n) is 3.45. The fraction of sp³-hybridized carbons (Fsp3) is 1.00. The molecule has 2 heteroatoms. The van der Waals surface area contributed by atoms with Crippen molar-refractivity contribution in [3.05, 3.63) is 0 Å². The topological polar surface area (TPSA) is 38.0 Å². The lowest BCUT2D eigenvalue weighted by molar-refractivity contribution is 0.281. The zero-order valence-corrected chi connectivity index (χ0v) is 10.3. The Bertz CT molecular complexity index is 217. The number of hydrogen-bond donors (Lipinski definition) is 2. The molecule has 1 unspecified atom stereocenters. The molecule has 2 nitrogen and oxygen atoms in total. The van der Waals surface area contributed by atoms with Crippen molar-refractivity contribution in [2.75, 3.05) is 6.54 Å². The molecule has 0 radical (unpaired) electrons. The Morgan fingerprint density at radius 1 is 1.20 bits per heavy atom. The van der Waals surface area contributed by atoms with Gasteiger partial charge < -0.3 is 11.1 Å². The summed E-state index contributed by atoms with van der Waals surface area (Å²) >= 11 is 0. The predicted molar refractivity (Wildman–Crippen MR) is 64.8 cm³/mol. The van der Waals surface area contributed by atoms with E-state index >= 15 is 0 Å². The summed E-state index contributed by atoms with van der Waals surface area (Å²) < 4.78 is 0. The molecule has 0 aliphatic heterocycles. The second-order valence-electron chi connectivity index (χ2n) is 6.44. The molecule has 15 heavy (non-hydrogen) atoms. The highest BCUT2D eigenvalue weighted by Gasteiger charge is 2.38. The van der Waals surface area contributed by atoms with Gasteiger partial charge in [-0.1, -0.05) is 26.7 Å². The maximum atomic E-state index is 5.95. The number of nitrogens with one attached hydrogen (secondary N) is 1. The molecule has 0 bridgehead atoms. The van der Waals surface area contributed by atoms with E-state index in [4.69, 9.17) is 5.73 Å². The Morgan fingerprint density at radius 3 is 2.33 bits per heavy atom. The molecule has 0 aromatic rings. The summed E-state index contributed by atoms with van der Waals surface area (Å²) in [6.45, 7) is 5.60. The minimum atomic E-state index is 0.297. The second kappa shape index (κ2) is 4.06. The zero-order valence-electron chi connectivity index (χ0n) is 10.3. The smallest absolute Gasteiger partial charge is 0.0306 e. The van der Waals surface area contributed by atoms with Gasteiger partial charge in [0.1, 0.15) is 0 Å². The average Bonchev–Trinajstić information content (AvgIpc) is 2.75. The molecule has 0 aromatic carbocycles. The van der Waals surface area contributed by atoms with Crippen LogP contribution in [0.1, 0.15) is 58.8 Å². The Morgan fingerprint density at radius 2 is 1.87 bits per heavy atom. The highest BCUT2D eigenvalue weighted by atomic mass is 15.0. The van der Waals surface area contributed by atoms with Gasteiger partial charge in [-0.3, -0.25) is 0 Å². The minimum absolute atomic E-state index is 0.297. The van der Waals surface area contributed by atoms with Crippen molar-refractivity contribution in [3.63, 3.8) is 0 Å². The molecule has 0 aromatic heterocycles. The van der Waals surface area contributed by atoms with Crippen molar-refractivity contribution in [3.8, 4) is 0 Å². The van der Waals surface area contributed by atoms with Crippen LogP contribution in [-0.2, 0) is 0 Å². The number of nitrogens with two attached hydrogens (primary N) is 1. The third-order valence-corrected chi connectivity index (χ3v) is 4.43. The largest absolute Gasteiger partial charge is 0.329 e. The standard InChI is InChI=1S/C13H26N2/c1-12(2)8-5-11(9-12)15-13(10-14)6-3-4-7-13/h11,15H,3-10,14H2,1-2H3. The van der Waals surface area contributed by atoms with Crippen molar-refractivity contribution < 1.29 is 0 Å². The quantitative estimate of drug-likeness (QED) is 0.751.